The van der Waals surface area contributed by atoms with Gasteiger partial charge in [-0.25, -0.2) is 4.39 Å². The quantitative estimate of drug-likeness (QED) is 0.749. The minimum absolute atomic E-state index is 0.153. The summed E-state index contributed by atoms with van der Waals surface area (Å²) in [4.78, 5) is 31.1. The van der Waals surface area contributed by atoms with Gasteiger partial charge in [0.2, 0.25) is 0 Å². The van der Waals surface area contributed by atoms with E-state index in [1.165, 1.54) is 12.3 Å². The molecule has 0 aliphatic carbocycles. The van der Waals surface area contributed by atoms with Crippen LogP contribution in [0.3, 0.4) is 0 Å². The summed E-state index contributed by atoms with van der Waals surface area (Å²) in [7, 11) is 0. The number of halogens is 1. The van der Waals surface area contributed by atoms with Gasteiger partial charge >= 0.3 is 5.97 Å². The second kappa shape index (κ2) is 6.91. The molecule has 6 heteroatoms. The topological polar surface area (TPSA) is 59.5 Å². The van der Waals surface area contributed by atoms with Gasteiger partial charge in [-0.2, -0.15) is 0 Å². The van der Waals surface area contributed by atoms with E-state index in [9.17, 15) is 14.0 Å². The van der Waals surface area contributed by atoms with Gasteiger partial charge in [-0.1, -0.05) is 12.1 Å². The summed E-state index contributed by atoms with van der Waals surface area (Å²) >= 11 is 0. The van der Waals surface area contributed by atoms with Crippen molar-refractivity contribution in [3.8, 4) is 0 Å². The lowest BCUT2D eigenvalue weighted by Gasteiger charge is -2.39. The molecule has 1 aliphatic heterocycles. The molecule has 0 N–H and O–H groups in total. The van der Waals surface area contributed by atoms with Crippen molar-refractivity contribution in [2.45, 2.75) is 46.1 Å². The fraction of sp³-hybridized carbons (Fsp3) is 0.476. The number of ether oxygens (including phenoxy) is 1. The average molecular weight is 372 g/mol. The third-order valence-corrected chi connectivity index (χ3v) is 4.95. The van der Waals surface area contributed by atoms with Crippen molar-refractivity contribution in [2.75, 3.05) is 13.1 Å². The predicted octanol–water partition coefficient (Wildman–Crippen LogP) is 3.96. The van der Waals surface area contributed by atoms with Gasteiger partial charge in [0, 0.05) is 24.7 Å². The Labute approximate surface area is 158 Å². The van der Waals surface area contributed by atoms with Crippen molar-refractivity contribution in [2.24, 2.45) is 5.41 Å². The molecule has 1 saturated heterocycles. The first-order valence-corrected chi connectivity index (χ1v) is 9.16. The molecule has 2 heterocycles. The van der Waals surface area contributed by atoms with Crippen molar-refractivity contribution < 1.29 is 18.7 Å². The van der Waals surface area contributed by atoms with Crippen LogP contribution in [0, 0.1) is 11.2 Å². The lowest BCUT2D eigenvalue weighted by molar-refractivity contribution is -0.169. The molecular weight excluding hydrogens is 347 g/mol. The van der Waals surface area contributed by atoms with Crippen molar-refractivity contribution in [1.29, 1.82) is 0 Å². The van der Waals surface area contributed by atoms with E-state index in [2.05, 4.69) is 4.98 Å². The number of hydrogen-bond acceptors (Lipinski definition) is 4. The third-order valence-electron chi connectivity index (χ3n) is 4.95. The molecule has 1 aliphatic rings. The molecule has 3 rings (SSSR count). The summed E-state index contributed by atoms with van der Waals surface area (Å²) in [5, 5.41) is 0.594. The first kappa shape index (κ1) is 19.3. The van der Waals surface area contributed by atoms with E-state index in [4.69, 9.17) is 4.74 Å². The van der Waals surface area contributed by atoms with Gasteiger partial charge in [-0.15, -0.1) is 0 Å². The molecule has 1 fully saturated rings. The molecule has 0 spiro atoms. The Morgan fingerprint density at radius 1 is 1.22 bits per heavy atom. The van der Waals surface area contributed by atoms with Crippen LogP contribution < -0.4 is 0 Å². The maximum atomic E-state index is 13.8. The monoisotopic (exact) mass is 372 g/mol. The minimum Gasteiger partial charge on any atom is -0.460 e. The highest BCUT2D eigenvalue weighted by Gasteiger charge is 2.41. The second-order valence-corrected chi connectivity index (χ2v) is 8.39. The van der Waals surface area contributed by atoms with Crippen LogP contribution in [-0.4, -0.2) is 40.5 Å². The van der Waals surface area contributed by atoms with Crippen LogP contribution >= 0.6 is 0 Å². The number of aromatic nitrogens is 1. The fourth-order valence-corrected chi connectivity index (χ4v) is 3.23. The van der Waals surface area contributed by atoms with Crippen molar-refractivity contribution in [3.63, 3.8) is 0 Å². The Hall–Kier alpha value is -2.50. The fourth-order valence-electron chi connectivity index (χ4n) is 3.23. The number of rotatable bonds is 2. The van der Waals surface area contributed by atoms with E-state index < -0.39 is 16.8 Å². The summed E-state index contributed by atoms with van der Waals surface area (Å²) in [5.74, 6) is -0.776. The number of fused-ring (bicyclic) bond motifs is 1. The zero-order valence-corrected chi connectivity index (χ0v) is 16.2. The molecule has 0 bridgehead atoms. The van der Waals surface area contributed by atoms with E-state index in [1.807, 2.05) is 27.7 Å². The Balaban J connectivity index is 1.71. The molecule has 0 radical (unpaired) electrons. The van der Waals surface area contributed by atoms with Crippen LogP contribution in [0.2, 0.25) is 0 Å². The number of pyridine rings is 1. The number of nitrogens with zero attached hydrogens (tertiary/aromatic N) is 2. The number of carbonyl (C=O) groups excluding carboxylic acids is 2. The summed E-state index contributed by atoms with van der Waals surface area (Å²) < 4.78 is 19.3. The average Bonchev–Trinajstić information content (AvgIpc) is 2.60. The molecule has 1 aromatic carbocycles. The van der Waals surface area contributed by atoms with E-state index in [0.29, 0.717) is 36.9 Å². The number of amides is 1. The maximum absolute atomic E-state index is 13.8. The lowest BCUT2D eigenvalue weighted by atomic mass is 9.80. The van der Waals surface area contributed by atoms with Gasteiger partial charge in [-0.3, -0.25) is 14.6 Å². The summed E-state index contributed by atoms with van der Waals surface area (Å²) in [6, 6.07) is 6.34. The molecule has 0 unspecified atom stereocenters. The normalized spacial score (nSPS) is 17.0. The molecular formula is C21H25FN2O3. The second-order valence-electron chi connectivity index (χ2n) is 8.39. The van der Waals surface area contributed by atoms with Crippen LogP contribution in [0.1, 0.15) is 50.9 Å². The molecule has 27 heavy (non-hydrogen) atoms. The minimum atomic E-state index is -0.588. The third kappa shape index (κ3) is 4.10. The van der Waals surface area contributed by atoms with Crippen molar-refractivity contribution in [3.05, 3.63) is 41.8 Å². The van der Waals surface area contributed by atoms with E-state index in [1.54, 1.807) is 23.1 Å². The molecule has 0 atom stereocenters. The Morgan fingerprint density at radius 2 is 1.89 bits per heavy atom. The lowest BCUT2D eigenvalue weighted by Crippen LogP contribution is -2.47. The highest BCUT2D eigenvalue weighted by molar-refractivity contribution is 5.97. The molecule has 0 saturated carbocycles. The van der Waals surface area contributed by atoms with Gasteiger partial charge in [0.05, 0.1) is 11.0 Å². The van der Waals surface area contributed by atoms with E-state index in [0.717, 1.165) is 0 Å². The summed E-state index contributed by atoms with van der Waals surface area (Å²) in [5.41, 5.74) is -0.437. The first-order chi connectivity index (χ1) is 12.6. The molecule has 1 amide bonds. The first-order valence-electron chi connectivity index (χ1n) is 9.16. The summed E-state index contributed by atoms with van der Waals surface area (Å²) in [6.45, 7) is 8.38. The number of para-hydroxylation sites is 1. The van der Waals surface area contributed by atoms with Crippen LogP contribution in [-0.2, 0) is 9.53 Å². The molecule has 5 nitrogen and oxygen atoms in total. The van der Waals surface area contributed by atoms with Crippen LogP contribution in [0.4, 0.5) is 4.39 Å². The van der Waals surface area contributed by atoms with Crippen LogP contribution in [0.5, 0.6) is 0 Å². The highest BCUT2D eigenvalue weighted by Crippen LogP contribution is 2.34. The van der Waals surface area contributed by atoms with Gasteiger partial charge < -0.3 is 9.64 Å². The highest BCUT2D eigenvalue weighted by atomic mass is 19.1. The molecule has 144 valence electrons. The molecule has 2 aromatic rings. The zero-order valence-electron chi connectivity index (χ0n) is 16.2. The SMILES string of the molecule is CC(C)(C)OC(=O)C1(C)CCN(C(=O)c2cnc3c(F)cccc3c2)CC1. The zero-order chi connectivity index (χ0) is 19.8. The Kier molecular flexibility index (Phi) is 4.93. The van der Waals surface area contributed by atoms with Gasteiger partial charge in [0.1, 0.15) is 16.9 Å². The number of likely N-dealkylation sites (tertiary alicyclic amines) is 1. The number of carbonyl (C=O) groups is 2. The number of piperidine rings is 1. The Bertz CT molecular complexity index is 881. The van der Waals surface area contributed by atoms with Gasteiger partial charge in [0.25, 0.3) is 5.91 Å². The number of benzene rings is 1. The Morgan fingerprint density at radius 3 is 2.52 bits per heavy atom. The van der Waals surface area contributed by atoms with Crippen LogP contribution in [0.25, 0.3) is 10.9 Å². The van der Waals surface area contributed by atoms with Crippen molar-refractivity contribution >= 4 is 22.8 Å². The molecule has 1 aromatic heterocycles. The number of hydrogen-bond donors (Lipinski definition) is 0. The predicted molar refractivity (Wildman–Crippen MR) is 101 cm³/mol. The summed E-state index contributed by atoms with van der Waals surface area (Å²) in [6.07, 6.45) is 2.50. The van der Waals surface area contributed by atoms with E-state index >= 15 is 0 Å². The maximum Gasteiger partial charge on any atom is 0.312 e. The largest absolute Gasteiger partial charge is 0.460 e. The van der Waals surface area contributed by atoms with Crippen LogP contribution in [0.15, 0.2) is 30.5 Å². The van der Waals surface area contributed by atoms with E-state index in [-0.39, 0.29) is 17.4 Å². The smallest absolute Gasteiger partial charge is 0.312 e. The standard InChI is InChI=1S/C21H25FN2O3/c1-20(2,3)27-19(26)21(4)8-10-24(11-9-21)18(25)15-12-14-6-5-7-16(22)17(14)23-13-15/h5-7,12-13H,8-11H2,1-4H3. The van der Waals surface area contributed by atoms with Crippen molar-refractivity contribution in [1.82, 2.24) is 9.88 Å². The van der Waals surface area contributed by atoms with Gasteiger partial charge in [0.15, 0.2) is 0 Å². The van der Waals surface area contributed by atoms with Gasteiger partial charge in [-0.05, 0) is 52.7 Å². The number of esters is 1.